The van der Waals surface area contributed by atoms with Gasteiger partial charge in [-0.2, -0.15) is 0 Å². The largest absolute Gasteiger partial charge is 0.443 e. The van der Waals surface area contributed by atoms with E-state index in [2.05, 4.69) is 31.9 Å². The zero-order valence-corrected chi connectivity index (χ0v) is 15.3. The van der Waals surface area contributed by atoms with E-state index in [1.807, 2.05) is 0 Å². The SMILES string of the molecule is CC(C)(C)OC(=O)n1cc(Br)cc1-c1cc(Br)cc(F)c1F. The molecule has 0 aliphatic carbocycles. The fourth-order valence-corrected chi connectivity index (χ4v) is 2.69. The van der Waals surface area contributed by atoms with E-state index in [-0.39, 0.29) is 11.3 Å². The van der Waals surface area contributed by atoms with Crippen molar-refractivity contribution in [3.63, 3.8) is 0 Å². The molecular weight excluding hydrogens is 424 g/mol. The number of rotatable bonds is 1. The highest BCUT2D eigenvalue weighted by atomic mass is 79.9. The third-order valence-electron chi connectivity index (χ3n) is 2.65. The van der Waals surface area contributed by atoms with Crippen LogP contribution in [-0.2, 0) is 4.74 Å². The number of carbonyl (C=O) groups excluding carboxylic acids is 1. The van der Waals surface area contributed by atoms with Gasteiger partial charge in [0.15, 0.2) is 11.6 Å². The fraction of sp³-hybridized carbons (Fsp3) is 0.267. The van der Waals surface area contributed by atoms with Gasteiger partial charge in [-0.3, -0.25) is 4.57 Å². The Morgan fingerprint density at radius 1 is 1.14 bits per heavy atom. The molecule has 1 heterocycles. The quantitative estimate of drug-likeness (QED) is 0.533. The van der Waals surface area contributed by atoms with Crippen LogP contribution in [-0.4, -0.2) is 16.3 Å². The molecule has 3 nitrogen and oxygen atoms in total. The first kappa shape index (κ1) is 17.1. The molecule has 7 heteroatoms. The van der Waals surface area contributed by atoms with Gasteiger partial charge in [-0.15, -0.1) is 0 Å². The van der Waals surface area contributed by atoms with Crippen molar-refractivity contribution >= 4 is 38.0 Å². The molecule has 0 amide bonds. The minimum absolute atomic E-state index is 0.0385. The van der Waals surface area contributed by atoms with Crippen LogP contribution < -0.4 is 0 Å². The van der Waals surface area contributed by atoms with Crippen LogP contribution in [0.1, 0.15) is 20.8 Å². The molecule has 2 rings (SSSR count). The second-order valence-electron chi connectivity index (χ2n) is 5.64. The average molecular weight is 437 g/mol. The zero-order chi connectivity index (χ0) is 16.7. The monoisotopic (exact) mass is 435 g/mol. The Kier molecular flexibility index (Phi) is 4.77. The molecule has 1 aromatic heterocycles. The summed E-state index contributed by atoms with van der Waals surface area (Å²) in [6, 6.07) is 3.95. The summed E-state index contributed by atoms with van der Waals surface area (Å²) < 4.78 is 35.0. The van der Waals surface area contributed by atoms with E-state index in [4.69, 9.17) is 4.74 Å². The van der Waals surface area contributed by atoms with Gasteiger partial charge in [-0.25, -0.2) is 13.6 Å². The number of carbonyl (C=O) groups is 1. The Morgan fingerprint density at radius 3 is 2.36 bits per heavy atom. The molecule has 0 N–H and O–H groups in total. The number of ether oxygens (including phenoxy) is 1. The molecule has 0 radical (unpaired) electrons. The first-order chi connectivity index (χ1) is 10.1. The van der Waals surface area contributed by atoms with Crippen LogP contribution in [0.2, 0.25) is 0 Å². The summed E-state index contributed by atoms with van der Waals surface area (Å²) >= 11 is 6.35. The molecule has 0 spiro atoms. The lowest BCUT2D eigenvalue weighted by molar-refractivity contribution is 0.0540. The minimum Gasteiger partial charge on any atom is -0.443 e. The summed E-state index contributed by atoms with van der Waals surface area (Å²) in [5.74, 6) is -2.03. The van der Waals surface area contributed by atoms with Crippen molar-refractivity contribution in [1.82, 2.24) is 4.57 Å². The van der Waals surface area contributed by atoms with Crippen LogP contribution in [0.15, 0.2) is 33.3 Å². The summed E-state index contributed by atoms with van der Waals surface area (Å²) in [5, 5.41) is 0. The minimum atomic E-state index is -1.03. The average Bonchev–Trinajstić information content (AvgIpc) is 2.74. The van der Waals surface area contributed by atoms with E-state index in [9.17, 15) is 13.6 Å². The molecule has 1 aromatic carbocycles. The molecular formula is C15H13Br2F2NO2. The number of hydrogen-bond acceptors (Lipinski definition) is 2. The second-order valence-corrected chi connectivity index (χ2v) is 7.47. The molecule has 2 aromatic rings. The first-order valence-corrected chi connectivity index (χ1v) is 7.93. The smallest absolute Gasteiger partial charge is 0.419 e. The van der Waals surface area contributed by atoms with Crippen LogP contribution >= 0.6 is 31.9 Å². The van der Waals surface area contributed by atoms with Gasteiger partial charge in [-0.05, 0) is 54.9 Å². The lowest BCUT2D eigenvalue weighted by Crippen LogP contribution is -2.27. The summed E-state index contributed by atoms with van der Waals surface area (Å²) in [5.41, 5.74) is -0.547. The Morgan fingerprint density at radius 2 is 1.77 bits per heavy atom. The van der Waals surface area contributed by atoms with Crippen molar-refractivity contribution in [3.8, 4) is 11.3 Å². The van der Waals surface area contributed by atoms with Gasteiger partial charge in [0.25, 0.3) is 0 Å². The van der Waals surface area contributed by atoms with E-state index in [1.165, 1.54) is 18.3 Å². The molecule has 0 bridgehead atoms. The van der Waals surface area contributed by atoms with Gasteiger partial charge in [0.05, 0.1) is 5.69 Å². The third-order valence-corrected chi connectivity index (χ3v) is 3.54. The number of benzene rings is 1. The highest BCUT2D eigenvalue weighted by Crippen LogP contribution is 2.32. The molecule has 118 valence electrons. The lowest BCUT2D eigenvalue weighted by Gasteiger charge is -2.20. The maximum absolute atomic E-state index is 14.1. The molecule has 22 heavy (non-hydrogen) atoms. The predicted octanol–water partition coefficient (Wildman–Crippen LogP) is 5.74. The van der Waals surface area contributed by atoms with Crippen molar-refractivity contribution in [2.45, 2.75) is 26.4 Å². The van der Waals surface area contributed by atoms with Crippen LogP contribution in [0.25, 0.3) is 11.3 Å². The number of halogens is 4. The Hall–Kier alpha value is -1.21. The summed E-state index contributed by atoms with van der Waals surface area (Å²) in [6.07, 6.45) is 0.773. The van der Waals surface area contributed by atoms with E-state index < -0.39 is 23.3 Å². The van der Waals surface area contributed by atoms with Crippen molar-refractivity contribution < 1.29 is 18.3 Å². The summed E-state index contributed by atoms with van der Waals surface area (Å²) in [7, 11) is 0. The van der Waals surface area contributed by atoms with Gasteiger partial charge in [0.1, 0.15) is 5.60 Å². The van der Waals surface area contributed by atoms with Crippen molar-refractivity contribution in [2.75, 3.05) is 0 Å². The molecule has 0 atom stereocenters. The maximum atomic E-state index is 14.1. The Bertz CT molecular complexity index is 736. The molecule has 0 saturated heterocycles. The third kappa shape index (κ3) is 3.76. The molecule has 0 unspecified atom stereocenters. The molecule has 0 fully saturated rings. The van der Waals surface area contributed by atoms with Crippen LogP contribution in [0.5, 0.6) is 0 Å². The Balaban J connectivity index is 2.56. The standard InChI is InChI=1S/C15H13Br2F2NO2/c1-15(2,3)22-14(21)20-7-9(17)6-12(20)10-4-8(16)5-11(18)13(10)19/h4-7H,1-3H3. The second kappa shape index (κ2) is 6.12. The van der Waals surface area contributed by atoms with Gasteiger partial charge in [0.2, 0.25) is 0 Å². The number of nitrogens with zero attached hydrogens (tertiary/aromatic N) is 1. The van der Waals surface area contributed by atoms with E-state index >= 15 is 0 Å². The topological polar surface area (TPSA) is 31.2 Å². The van der Waals surface area contributed by atoms with Crippen LogP contribution in [0, 0.1) is 11.6 Å². The normalized spacial score (nSPS) is 11.6. The fourth-order valence-electron chi connectivity index (χ4n) is 1.84. The highest BCUT2D eigenvalue weighted by Gasteiger charge is 2.23. The highest BCUT2D eigenvalue weighted by molar-refractivity contribution is 9.10. The zero-order valence-electron chi connectivity index (χ0n) is 12.1. The van der Waals surface area contributed by atoms with Gasteiger partial charge < -0.3 is 4.74 Å². The van der Waals surface area contributed by atoms with Crippen molar-refractivity contribution in [2.24, 2.45) is 0 Å². The number of hydrogen-bond donors (Lipinski definition) is 0. The van der Waals surface area contributed by atoms with E-state index in [1.54, 1.807) is 20.8 Å². The summed E-state index contributed by atoms with van der Waals surface area (Å²) in [6.45, 7) is 5.17. The van der Waals surface area contributed by atoms with Crippen LogP contribution in [0.3, 0.4) is 0 Å². The van der Waals surface area contributed by atoms with E-state index in [0.717, 1.165) is 10.6 Å². The Labute approximate surface area is 143 Å². The molecule has 0 saturated carbocycles. The molecule has 0 aliphatic heterocycles. The first-order valence-electron chi connectivity index (χ1n) is 6.34. The lowest BCUT2D eigenvalue weighted by atomic mass is 10.1. The predicted molar refractivity (Wildman–Crippen MR) is 86.8 cm³/mol. The van der Waals surface area contributed by atoms with Gasteiger partial charge in [-0.1, -0.05) is 15.9 Å². The van der Waals surface area contributed by atoms with E-state index in [0.29, 0.717) is 8.95 Å². The van der Waals surface area contributed by atoms with Crippen molar-refractivity contribution in [1.29, 1.82) is 0 Å². The van der Waals surface area contributed by atoms with Crippen molar-refractivity contribution in [3.05, 3.63) is 45.0 Å². The maximum Gasteiger partial charge on any atom is 0.419 e. The molecule has 0 aliphatic rings. The van der Waals surface area contributed by atoms with Gasteiger partial charge in [0, 0.05) is 20.7 Å². The summed E-state index contributed by atoms with van der Waals surface area (Å²) in [4.78, 5) is 12.2. The van der Waals surface area contributed by atoms with Crippen LogP contribution in [0.4, 0.5) is 13.6 Å². The number of aromatic nitrogens is 1. The van der Waals surface area contributed by atoms with Gasteiger partial charge >= 0.3 is 6.09 Å².